The number of halogens is 3. The molecule has 8 heteroatoms. The van der Waals surface area contributed by atoms with Crippen molar-refractivity contribution in [2.45, 2.75) is 24.7 Å². The number of hydrogen-bond donors (Lipinski definition) is 3. The van der Waals surface area contributed by atoms with E-state index in [0.29, 0.717) is 5.56 Å². The van der Waals surface area contributed by atoms with Crippen LogP contribution in [0.25, 0.3) is 0 Å². The average molecular weight is 382 g/mol. The van der Waals surface area contributed by atoms with Crippen LogP contribution >= 0.6 is 0 Å². The number of benzene rings is 2. The molecule has 5 nitrogen and oxygen atoms in total. The molecule has 0 radical (unpaired) electrons. The summed E-state index contributed by atoms with van der Waals surface area (Å²) in [5.74, 6) is -0.519. The Labute approximate surface area is 154 Å². The van der Waals surface area contributed by atoms with Crippen molar-refractivity contribution >= 4 is 5.91 Å². The van der Waals surface area contributed by atoms with Gasteiger partial charge in [0.05, 0.1) is 5.56 Å². The number of carbonyl (C=O) groups excluding carboxylic acids is 1. The van der Waals surface area contributed by atoms with Crippen LogP contribution in [0.1, 0.15) is 18.1 Å². The molecule has 2 atom stereocenters. The Morgan fingerprint density at radius 1 is 1.15 bits per heavy atom. The lowest BCUT2D eigenvalue weighted by atomic mass is 9.92. The summed E-state index contributed by atoms with van der Waals surface area (Å²) < 4.78 is 43.2. The van der Waals surface area contributed by atoms with Crippen LogP contribution in [0.5, 0.6) is 5.75 Å². The minimum Gasteiger partial charge on any atom is -0.491 e. The largest absolute Gasteiger partial charge is 0.491 e. The van der Waals surface area contributed by atoms with E-state index in [9.17, 15) is 23.1 Å². The Balaban J connectivity index is 1.86. The molecule has 2 unspecified atom stereocenters. The zero-order valence-electron chi connectivity index (χ0n) is 14.7. The maximum absolute atomic E-state index is 12.7. The van der Waals surface area contributed by atoms with Gasteiger partial charge in [0, 0.05) is 6.54 Å². The Morgan fingerprint density at radius 3 is 2.41 bits per heavy atom. The molecule has 0 bridgehead atoms. The molecule has 4 N–H and O–H groups in total. The average Bonchev–Trinajstić information content (AvgIpc) is 2.64. The highest BCUT2D eigenvalue weighted by Crippen LogP contribution is 2.31. The molecule has 2 aromatic rings. The molecule has 0 spiro atoms. The molecule has 146 valence electrons. The van der Waals surface area contributed by atoms with E-state index in [2.05, 4.69) is 5.32 Å². The molecule has 1 amide bonds. The zero-order valence-corrected chi connectivity index (χ0v) is 14.7. The first-order valence-corrected chi connectivity index (χ1v) is 8.21. The smallest absolute Gasteiger partial charge is 0.416 e. The molecule has 27 heavy (non-hydrogen) atoms. The van der Waals surface area contributed by atoms with Gasteiger partial charge in [-0.3, -0.25) is 4.79 Å². The van der Waals surface area contributed by atoms with Gasteiger partial charge >= 0.3 is 6.18 Å². The lowest BCUT2D eigenvalue weighted by Gasteiger charge is -2.25. The van der Waals surface area contributed by atoms with Crippen molar-refractivity contribution in [1.82, 2.24) is 5.32 Å². The van der Waals surface area contributed by atoms with E-state index in [1.807, 2.05) is 0 Å². The first-order valence-electron chi connectivity index (χ1n) is 8.21. The second-order valence-corrected chi connectivity index (χ2v) is 6.27. The summed E-state index contributed by atoms with van der Waals surface area (Å²) in [6.07, 6.45) is -5.59. The van der Waals surface area contributed by atoms with Gasteiger partial charge < -0.3 is 20.9 Å². The molecule has 0 aliphatic heterocycles. The molecule has 0 aliphatic carbocycles. The second kappa shape index (κ2) is 8.41. The van der Waals surface area contributed by atoms with Crippen LogP contribution in [0.4, 0.5) is 13.2 Å². The topological polar surface area (TPSA) is 84.6 Å². The summed E-state index contributed by atoms with van der Waals surface area (Å²) >= 11 is 0. The summed E-state index contributed by atoms with van der Waals surface area (Å²) in [5.41, 5.74) is 4.54. The van der Waals surface area contributed by atoms with Gasteiger partial charge in [-0.2, -0.15) is 13.2 Å². The fourth-order valence-electron chi connectivity index (χ4n) is 2.32. The fourth-order valence-corrected chi connectivity index (χ4v) is 2.32. The van der Waals surface area contributed by atoms with Crippen molar-refractivity contribution in [2.24, 2.45) is 5.73 Å². The molecular weight excluding hydrogens is 361 g/mol. The van der Waals surface area contributed by atoms with Crippen molar-refractivity contribution in [3.63, 3.8) is 0 Å². The normalized spacial score (nSPS) is 14.9. The highest BCUT2D eigenvalue weighted by Gasteiger charge is 2.31. The number of nitrogens with two attached hydrogens (primary N) is 1. The third-order valence-electron chi connectivity index (χ3n) is 3.95. The van der Waals surface area contributed by atoms with Gasteiger partial charge in [0.1, 0.15) is 24.0 Å². The van der Waals surface area contributed by atoms with Crippen molar-refractivity contribution in [3.8, 4) is 5.75 Å². The number of hydrogen-bond acceptors (Lipinski definition) is 4. The summed E-state index contributed by atoms with van der Waals surface area (Å²) in [4.78, 5) is 12.3. The lowest BCUT2D eigenvalue weighted by molar-refractivity contribution is -0.137. The van der Waals surface area contributed by atoms with Crippen molar-refractivity contribution in [3.05, 3.63) is 65.7 Å². The van der Waals surface area contributed by atoms with Gasteiger partial charge in [0.2, 0.25) is 5.91 Å². The summed E-state index contributed by atoms with van der Waals surface area (Å²) in [5, 5.41) is 12.4. The Bertz CT molecular complexity index is 764. The molecule has 0 saturated carbocycles. The standard InChI is InChI=1S/C19H21F3N2O3/c1-18(23,13-6-3-2-4-7-13)17(26)24-11-15(25)12-27-16-9-5-8-14(10-16)19(20,21)22/h2-10,15,25H,11-12,23H2,1H3,(H,24,26). The third kappa shape index (κ3) is 5.70. The molecule has 0 heterocycles. The van der Waals surface area contributed by atoms with Crippen molar-refractivity contribution in [1.29, 1.82) is 0 Å². The molecule has 0 fully saturated rings. The van der Waals surface area contributed by atoms with Crippen LogP contribution in [0.3, 0.4) is 0 Å². The number of nitrogens with one attached hydrogen (secondary N) is 1. The molecule has 0 aliphatic rings. The summed E-state index contributed by atoms with van der Waals surface area (Å²) in [6.45, 7) is 1.11. The Morgan fingerprint density at radius 2 is 1.78 bits per heavy atom. The Hall–Kier alpha value is -2.58. The predicted octanol–water partition coefficient (Wildman–Crippen LogP) is 2.44. The SMILES string of the molecule is CC(N)(C(=O)NCC(O)COc1cccc(C(F)(F)F)c1)c1ccccc1. The van der Waals surface area contributed by atoms with E-state index in [0.717, 1.165) is 12.1 Å². The maximum Gasteiger partial charge on any atom is 0.416 e. The number of aliphatic hydroxyl groups is 1. The molecular formula is C19H21F3N2O3. The Kier molecular flexibility index (Phi) is 6.45. The van der Waals surface area contributed by atoms with Crippen LogP contribution < -0.4 is 15.8 Å². The van der Waals surface area contributed by atoms with Gasteiger partial charge in [-0.1, -0.05) is 36.4 Å². The van der Waals surface area contributed by atoms with E-state index in [1.54, 1.807) is 37.3 Å². The first-order chi connectivity index (χ1) is 12.6. The third-order valence-corrected chi connectivity index (χ3v) is 3.95. The van der Waals surface area contributed by atoms with E-state index in [-0.39, 0.29) is 18.9 Å². The fraction of sp³-hybridized carbons (Fsp3) is 0.316. The van der Waals surface area contributed by atoms with Gasteiger partial charge in [-0.15, -0.1) is 0 Å². The highest BCUT2D eigenvalue weighted by atomic mass is 19.4. The quantitative estimate of drug-likeness (QED) is 0.687. The van der Waals surface area contributed by atoms with Gasteiger partial charge in [0.25, 0.3) is 0 Å². The number of aliphatic hydroxyl groups excluding tert-OH is 1. The minimum atomic E-state index is -4.48. The van der Waals surface area contributed by atoms with Gasteiger partial charge in [-0.05, 0) is 30.7 Å². The predicted molar refractivity (Wildman–Crippen MR) is 93.9 cm³/mol. The second-order valence-electron chi connectivity index (χ2n) is 6.27. The molecule has 0 saturated heterocycles. The number of alkyl halides is 3. The van der Waals surface area contributed by atoms with Crippen LogP contribution in [0, 0.1) is 0 Å². The minimum absolute atomic E-state index is 0.0249. The van der Waals surface area contributed by atoms with Gasteiger partial charge in [-0.25, -0.2) is 0 Å². The van der Waals surface area contributed by atoms with E-state index >= 15 is 0 Å². The number of rotatable bonds is 7. The van der Waals surface area contributed by atoms with Crippen LogP contribution in [0.2, 0.25) is 0 Å². The number of amides is 1. The summed E-state index contributed by atoms with van der Waals surface area (Å²) in [6, 6.07) is 13.1. The number of ether oxygens (including phenoxy) is 1. The first kappa shape index (κ1) is 20.7. The van der Waals surface area contributed by atoms with Crippen molar-refractivity contribution < 1.29 is 27.8 Å². The molecule has 0 aromatic heterocycles. The van der Waals surface area contributed by atoms with Crippen LogP contribution in [-0.4, -0.2) is 30.3 Å². The molecule has 2 aromatic carbocycles. The number of carbonyl (C=O) groups is 1. The van der Waals surface area contributed by atoms with Crippen LogP contribution in [0.15, 0.2) is 54.6 Å². The van der Waals surface area contributed by atoms with E-state index in [4.69, 9.17) is 10.5 Å². The van der Waals surface area contributed by atoms with Crippen molar-refractivity contribution in [2.75, 3.05) is 13.2 Å². The maximum atomic E-state index is 12.7. The molecule has 2 rings (SSSR count). The van der Waals surface area contributed by atoms with E-state index < -0.39 is 29.3 Å². The lowest BCUT2D eigenvalue weighted by Crippen LogP contribution is -2.51. The van der Waals surface area contributed by atoms with Gasteiger partial charge in [0.15, 0.2) is 0 Å². The highest BCUT2D eigenvalue weighted by molar-refractivity contribution is 5.86. The monoisotopic (exact) mass is 382 g/mol. The summed E-state index contributed by atoms with van der Waals surface area (Å²) in [7, 11) is 0. The van der Waals surface area contributed by atoms with Crippen LogP contribution in [-0.2, 0) is 16.5 Å². The van der Waals surface area contributed by atoms with E-state index in [1.165, 1.54) is 12.1 Å². The zero-order chi connectivity index (χ0) is 20.1.